The molecule has 1 atom stereocenters. The Hall–Kier alpha value is -3.23. The Morgan fingerprint density at radius 3 is 2.94 bits per heavy atom. The second kappa shape index (κ2) is 8.37. The monoisotopic (exact) mass is 451 g/mol. The van der Waals surface area contributed by atoms with Gasteiger partial charge in [0.05, 0.1) is 30.2 Å². The number of amidine groups is 1. The second-order valence-electron chi connectivity index (χ2n) is 7.92. The zero-order valence-corrected chi connectivity index (χ0v) is 18.3. The number of carbonyl (C=O) groups is 1. The number of aromatic nitrogens is 3. The van der Waals surface area contributed by atoms with Crippen LogP contribution in [0.2, 0.25) is 5.15 Å². The van der Waals surface area contributed by atoms with Gasteiger partial charge in [-0.2, -0.15) is 10.1 Å². The molecule has 9 heteroatoms. The number of anilines is 1. The summed E-state index contributed by atoms with van der Waals surface area (Å²) in [6.45, 7) is 0.862. The second-order valence-corrected chi connectivity index (χ2v) is 8.31. The van der Waals surface area contributed by atoms with Crippen molar-refractivity contribution in [2.45, 2.75) is 25.4 Å². The standard InChI is InChI=1S/C23H22ClN5O3/c1-28-23-17(13-25-28)18-10-15(11-20(24)26-18)22(31)27-21-12-14-4-2-3-5-19(14)29(21)8-6-16(30)7-9-32-23/h2-5,10-11,13,16,30H,6-9,12H2,1H3. The lowest BCUT2D eigenvalue weighted by Crippen LogP contribution is -2.31. The molecule has 3 aromatic rings. The maximum Gasteiger partial charge on any atom is 0.278 e. The number of aliphatic imine (C=N–C) groups is 1. The summed E-state index contributed by atoms with van der Waals surface area (Å²) in [5.41, 5.74) is 3.56. The van der Waals surface area contributed by atoms with Crippen molar-refractivity contribution in [3.8, 4) is 17.1 Å². The number of fused-ring (bicyclic) bond motifs is 7. The number of ether oxygens (including phenoxy) is 1. The number of pyridine rings is 1. The number of nitrogens with zero attached hydrogens (tertiary/aromatic N) is 5. The Kier molecular flexibility index (Phi) is 5.40. The number of benzene rings is 1. The van der Waals surface area contributed by atoms with Gasteiger partial charge in [-0.15, -0.1) is 0 Å². The van der Waals surface area contributed by atoms with Crippen LogP contribution in [0.3, 0.4) is 0 Å². The number of carbonyl (C=O) groups excluding carboxylic acids is 1. The average Bonchev–Trinajstić information content (AvgIpc) is 3.31. The molecule has 1 aromatic carbocycles. The van der Waals surface area contributed by atoms with Gasteiger partial charge in [-0.1, -0.05) is 29.8 Å². The van der Waals surface area contributed by atoms with E-state index in [-0.39, 0.29) is 5.15 Å². The summed E-state index contributed by atoms with van der Waals surface area (Å²) in [6.07, 6.45) is 2.59. The number of aliphatic hydroxyl groups is 1. The molecule has 0 radical (unpaired) electrons. The molecule has 164 valence electrons. The van der Waals surface area contributed by atoms with Crippen LogP contribution in [-0.2, 0) is 13.5 Å². The molecule has 32 heavy (non-hydrogen) atoms. The summed E-state index contributed by atoms with van der Waals surface area (Å²) in [6, 6.07) is 11.1. The molecule has 1 N–H and O–H groups in total. The van der Waals surface area contributed by atoms with Gasteiger partial charge in [-0.05, 0) is 30.2 Å². The maximum absolute atomic E-state index is 13.1. The molecule has 0 aliphatic carbocycles. The lowest BCUT2D eigenvalue weighted by Gasteiger charge is -2.22. The summed E-state index contributed by atoms with van der Waals surface area (Å²) in [5.74, 6) is 0.761. The van der Waals surface area contributed by atoms with Gasteiger partial charge in [0.2, 0.25) is 5.88 Å². The van der Waals surface area contributed by atoms with Gasteiger partial charge in [0.1, 0.15) is 11.0 Å². The van der Waals surface area contributed by atoms with Crippen molar-refractivity contribution >= 4 is 29.0 Å². The summed E-state index contributed by atoms with van der Waals surface area (Å²) in [7, 11) is 1.76. The lowest BCUT2D eigenvalue weighted by molar-refractivity contribution is 0.100. The summed E-state index contributed by atoms with van der Waals surface area (Å²) in [4.78, 5) is 24.0. The first-order valence-corrected chi connectivity index (χ1v) is 10.9. The smallest absolute Gasteiger partial charge is 0.278 e. The predicted molar refractivity (Wildman–Crippen MR) is 121 cm³/mol. The molecular weight excluding hydrogens is 430 g/mol. The van der Waals surface area contributed by atoms with Gasteiger partial charge in [-0.3, -0.25) is 4.79 Å². The third-order valence-electron chi connectivity index (χ3n) is 5.75. The highest BCUT2D eigenvalue weighted by molar-refractivity contribution is 6.30. The van der Waals surface area contributed by atoms with Crippen LogP contribution in [0.4, 0.5) is 5.69 Å². The minimum absolute atomic E-state index is 0.187. The number of hydrogen-bond donors (Lipinski definition) is 1. The predicted octanol–water partition coefficient (Wildman–Crippen LogP) is 3.27. The van der Waals surface area contributed by atoms with Gasteiger partial charge in [-0.25, -0.2) is 9.67 Å². The topological polar surface area (TPSA) is 92.8 Å². The Labute approximate surface area is 190 Å². The molecule has 2 aliphatic heterocycles. The fraction of sp³-hybridized carbons (Fsp3) is 0.304. The fourth-order valence-electron chi connectivity index (χ4n) is 4.11. The van der Waals surface area contributed by atoms with Crippen LogP contribution >= 0.6 is 11.6 Å². The van der Waals surface area contributed by atoms with E-state index in [1.54, 1.807) is 24.0 Å². The summed E-state index contributed by atoms with van der Waals surface area (Å²) < 4.78 is 7.54. The molecule has 2 aromatic heterocycles. The van der Waals surface area contributed by atoms with Gasteiger partial charge in [0, 0.05) is 37.7 Å². The number of aryl methyl sites for hydroxylation is 1. The molecule has 0 spiro atoms. The Bertz CT molecular complexity index is 1220. The van der Waals surface area contributed by atoms with Crippen LogP contribution < -0.4 is 9.64 Å². The van der Waals surface area contributed by atoms with Crippen LogP contribution in [0.1, 0.15) is 28.8 Å². The van der Waals surface area contributed by atoms with Crippen molar-refractivity contribution < 1.29 is 14.6 Å². The van der Waals surface area contributed by atoms with Crippen LogP contribution in [0.15, 0.2) is 47.6 Å². The Morgan fingerprint density at radius 1 is 1.22 bits per heavy atom. The van der Waals surface area contributed by atoms with Crippen molar-refractivity contribution in [3.05, 3.63) is 58.9 Å². The number of rotatable bonds is 0. The molecule has 0 saturated carbocycles. The molecule has 0 saturated heterocycles. The number of para-hydroxylation sites is 1. The van der Waals surface area contributed by atoms with Crippen molar-refractivity contribution in [1.82, 2.24) is 14.8 Å². The summed E-state index contributed by atoms with van der Waals surface area (Å²) >= 11 is 6.26. The molecule has 2 aliphatic rings. The molecule has 2 bridgehead atoms. The van der Waals surface area contributed by atoms with E-state index in [0.717, 1.165) is 11.3 Å². The van der Waals surface area contributed by atoms with Crippen LogP contribution in [0.5, 0.6) is 5.88 Å². The van der Waals surface area contributed by atoms with E-state index in [1.807, 2.05) is 29.2 Å². The highest BCUT2D eigenvalue weighted by Crippen LogP contribution is 2.32. The van der Waals surface area contributed by atoms with E-state index in [2.05, 4.69) is 15.1 Å². The summed E-state index contributed by atoms with van der Waals surface area (Å²) in [5, 5.41) is 15.0. The van der Waals surface area contributed by atoms with Crippen molar-refractivity contribution in [3.63, 3.8) is 0 Å². The lowest BCUT2D eigenvalue weighted by atomic mass is 10.1. The molecule has 1 unspecified atom stereocenters. The quantitative estimate of drug-likeness (QED) is 0.527. The van der Waals surface area contributed by atoms with E-state index in [9.17, 15) is 9.90 Å². The average molecular weight is 452 g/mol. The molecule has 0 fully saturated rings. The van der Waals surface area contributed by atoms with Crippen molar-refractivity contribution in [1.29, 1.82) is 0 Å². The normalized spacial score (nSPS) is 18.6. The minimum atomic E-state index is -0.560. The first-order chi connectivity index (χ1) is 15.5. The number of aliphatic hydroxyl groups excluding tert-OH is 1. The number of hydrogen-bond acceptors (Lipinski definition) is 6. The minimum Gasteiger partial charge on any atom is -0.477 e. The van der Waals surface area contributed by atoms with E-state index in [4.69, 9.17) is 16.3 Å². The third kappa shape index (κ3) is 3.87. The third-order valence-corrected chi connectivity index (χ3v) is 5.94. The first kappa shape index (κ1) is 20.7. The molecule has 1 amide bonds. The van der Waals surface area contributed by atoms with Crippen LogP contribution in [-0.4, -0.2) is 50.9 Å². The SMILES string of the molecule is Cn1ncc2c1OCCC(O)CCN1C(=NC(=O)c3cc(Cl)nc-2c3)Cc2ccccc21. The molecule has 8 nitrogen and oxygen atoms in total. The van der Waals surface area contributed by atoms with Crippen molar-refractivity contribution in [2.75, 3.05) is 18.1 Å². The zero-order valence-electron chi connectivity index (χ0n) is 17.5. The van der Waals surface area contributed by atoms with E-state index in [1.165, 1.54) is 6.07 Å². The largest absolute Gasteiger partial charge is 0.477 e. The highest BCUT2D eigenvalue weighted by atomic mass is 35.5. The van der Waals surface area contributed by atoms with Crippen LogP contribution in [0.25, 0.3) is 11.3 Å². The number of halogens is 1. The zero-order chi connectivity index (χ0) is 22.2. The van der Waals surface area contributed by atoms with E-state index < -0.39 is 12.0 Å². The molecular formula is C23H22ClN5O3. The Balaban J connectivity index is 1.60. The van der Waals surface area contributed by atoms with E-state index in [0.29, 0.717) is 61.0 Å². The highest BCUT2D eigenvalue weighted by Gasteiger charge is 2.27. The van der Waals surface area contributed by atoms with Crippen LogP contribution in [0, 0.1) is 0 Å². The van der Waals surface area contributed by atoms with E-state index >= 15 is 0 Å². The van der Waals surface area contributed by atoms with Gasteiger partial charge in [0.15, 0.2) is 0 Å². The fourth-order valence-corrected chi connectivity index (χ4v) is 4.31. The van der Waals surface area contributed by atoms with Gasteiger partial charge >= 0.3 is 0 Å². The molecule has 4 heterocycles. The Morgan fingerprint density at radius 2 is 2.06 bits per heavy atom. The number of amides is 1. The van der Waals surface area contributed by atoms with Gasteiger partial charge < -0.3 is 14.7 Å². The maximum atomic E-state index is 13.1. The van der Waals surface area contributed by atoms with Gasteiger partial charge in [0.25, 0.3) is 5.91 Å². The first-order valence-electron chi connectivity index (χ1n) is 10.5. The molecule has 5 rings (SSSR count). The van der Waals surface area contributed by atoms with Crippen molar-refractivity contribution in [2.24, 2.45) is 12.0 Å².